The Morgan fingerprint density at radius 3 is 2.53 bits per heavy atom. The fraction of sp³-hybridized carbons (Fsp3) is 0.0870. The first kappa shape index (κ1) is 21.2. The van der Waals surface area contributed by atoms with Gasteiger partial charge in [-0.25, -0.2) is 9.37 Å². The molecule has 4 aromatic rings. The summed E-state index contributed by atoms with van der Waals surface area (Å²) in [5.41, 5.74) is 5.16. The standard InChI is InChI=1S/C23H16F4N4O/c24-17-6-7-20(18(11-17)23(25,26)27)31(22(32)16-2-1-9-29-12-16)13-14-3-4-15-5-8-21(28)30-19(15)10-14/h1-12H,13H2,(H2,28,30). The Labute approximate surface area is 180 Å². The molecule has 2 heterocycles. The van der Waals surface area contributed by atoms with E-state index in [1.54, 1.807) is 30.3 Å². The van der Waals surface area contributed by atoms with Gasteiger partial charge in [0.05, 0.1) is 28.9 Å². The van der Waals surface area contributed by atoms with Crippen molar-refractivity contribution in [3.05, 3.63) is 95.6 Å². The lowest BCUT2D eigenvalue weighted by Gasteiger charge is -2.26. The lowest BCUT2D eigenvalue weighted by molar-refractivity contribution is -0.137. The van der Waals surface area contributed by atoms with Gasteiger partial charge in [-0.3, -0.25) is 9.78 Å². The van der Waals surface area contributed by atoms with E-state index in [1.165, 1.54) is 24.5 Å². The van der Waals surface area contributed by atoms with E-state index in [9.17, 15) is 22.4 Å². The first-order chi connectivity index (χ1) is 15.2. The summed E-state index contributed by atoms with van der Waals surface area (Å²) >= 11 is 0. The third kappa shape index (κ3) is 4.36. The number of carbonyl (C=O) groups is 1. The highest BCUT2D eigenvalue weighted by Crippen LogP contribution is 2.38. The topological polar surface area (TPSA) is 72.1 Å². The van der Waals surface area contributed by atoms with Crippen molar-refractivity contribution < 1.29 is 22.4 Å². The van der Waals surface area contributed by atoms with Gasteiger partial charge in [0.15, 0.2) is 0 Å². The molecule has 0 aliphatic rings. The van der Waals surface area contributed by atoms with Crippen molar-refractivity contribution in [1.29, 1.82) is 0 Å². The second-order valence-corrected chi connectivity index (χ2v) is 7.06. The molecule has 0 spiro atoms. The van der Waals surface area contributed by atoms with E-state index in [0.717, 1.165) is 22.4 Å². The average Bonchev–Trinajstić information content (AvgIpc) is 2.77. The molecule has 0 saturated carbocycles. The van der Waals surface area contributed by atoms with Crippen LogP contribution in [0.5, 0.6) is 0 Å². The molecule has 2 aromatic carbocycles. The first-order valence-electron chi connectivity index (χ1n) is 9.46. The van der Waals surface area contributed by atoms with E-state index >= 15 is 0 Å². The maximum absolute atomic E-state index is 13.7. The molecule has 2 aromatic heterocycles. The van der Waals surface area contributed by atoms with Crippen LogP contribution in [0.25, 0.3) is 10.9 Å². The molecule has 0 radical (unpaired) electrons. The Bertz CT molecular complexity index is 1290. The van der Waals surface area contributed by atoms with Gasteiger partial charge in [-0.1, -0.05) is 12.1 Å². The summed E-state index contributed by atoms with van der Waals surface area (Å²) in [6.07, 6.45) is -2.17. The number of nitrogens with zero attached hydrogens (tertiary/aromatic N) is 3. The molecular weight excluding hydrogens is 424 g/mol. The van der Waals surface area contributed by atoms with E-state index in [0.29, 0.717) is 17.1 Å². The third-order valence-corrected chi connectivity index (χ3v) is 4.83. The van der Waals surface area contributed by atoms with Gasteiger partial charge in [0.2, 0.25) is 0 Å². The Balaban J connectivity index is 1.83. The van der Waals surface area contributed by atoms with Crippen molar-refractivity contribution in [2.45, 2.75) is 12.7 Å². The Hall–Kier alpha value is -4.01. The largest absolute Gasteiger partial charge is 0.418 e. The van der Waals surface area contributed by atoms with Gasteiger partial charge in [-0.15, -0.1) is 0 Å². The van der Waals surface area contributed by atoms with Crippen LogP contribution >= 0.6 is 0 Å². The summed E-state index contributed by atoms with van der Waals surface area (Å²) in [4.78, 5) is 22.3. The number of nitrogens with two attached hydrogens (primary N) is 1. The predicted octanol–water partition coefficient (Wildman–Crippen LogP) is 5.22. The van der Waals surface area contributed by atoms with Gasteiger partial charge in [0, 0.05) is 17.8 Å². The average molecular weight is 440 g/mol. The Kier molecular flexibility index (Phi) is 5.48. The molecule has 0 saturated heterocycles. The number of carbonyl (C=O) groups excluding carboxylic acids is 1. The lowest BCUT2D eigenvalue weighted by atomic mass is 10.1. The highest BCUT2D eigenvalue weighted by molar-refractivity contribution is 6.06. The minimum absolute atomic E-state index is 0.0908. The monoisotopic (exact) mass is 440 g/mol. The van der Waals surface area contributed by atoms with Crippen LogP contribution in [0.15, 0.2) is 73.1 Å². The van der Waals surface area contributed by atoms with E-state index in [1.807, 2.05) is 0 Å². The molecule has 9 heteroatoms. The van der Waals surface area contributed by atoms with Crippen LogP contribution in [0.2, 0.25) is 0 Å². The number of hydrogen-bond donors (Lipinski definition) is 1. The molecular formula is C23H16F4N4O. The van der Waals surface area contributed by atoms with Gasteiger partial charge in [0.25, 0.3) is 5.91 Å². The predicted molar refractivity (Wildman–Crippen MR) is 112 cm³/mol. The summed E-state index contributed by atoms with van der Waals surface area (Å²) < 4.78 is 54.8. The van der Waals surface area contributed by atoms with Crippen molar-refractivity contribution in [2.24, 2.45) is 0 Å². The maximum Gasteiger partial charge on any atom is 0.418 e. The van der Waals surface area contributed by atoms with Gasteiger partial charge in [0.1, 0.15) is 11.6 Å². The number of nitrogen functional groups attached to an aromatic ring is 1. The van der Waals surface area contributed by atoms with Crippen LogP contribution in [0.4, 0.5) is 29.1 Å². The van der Waals surface area contributed by atoms with Crippen LogP contribution in [-0.2, 0) is 12.7 Å². The molecule has 0 aliphatic heterocycles. The number of amides is 1. The minimum atomic E-state index is -4.87. The molecule has 1 amide bonds. The Morgan fingerprint density at radius 2 is 1.81 bits per heavy atom. The fourth-order valence-electron chi connectivity index (χ4n) is 3.34. The zero-order valence-corrected chi connectivity index (χ0v) is 16.5. The summed E-state index contributed by atoms with van der Waals surface area (Å²) in [5, 5.41) is 0.783. The van der Waals surface area contributed by atoms with Crippen molar-refractivity contribution in [2.75, 3.05) is 10.6 Å². The van der Waals surface area contributed by atoms with Gasteiger partial charge < -0.3 is 10.6 Å². The molecule has 0 bridgehead atoms. The summed E-state index contributed by atoms with van der Waals surface area (Å²) in [7, 11) is 0. The van der Waals surface area contributed by atoms with Crippen LogP contribution < -0.4 is 10.6 Å². The second-order valence-electron chi connectivity index (χ2n) is 7.06. The van der Waals surface area contributed by atoms with Gasteiger partial charge >= 0.3 is 6.18 Å². The number of benzene rings is 2. The van der Waals surface area contributed by atoms with Crippen LogP contribution in [-0.4, -0.2) is 15.9 Å². The minimum Gasteiger partial charge on any atom is -0.384 e. The second kappa shape index (κ2) is 8.26. The molecule has 0 unspecified atom stereocenters. The van der Waals surface area contributed by atoms with Crippen molar-refractivity contribution in [3.8, 4) is 0 Å². The smallest absolute Gasteiger partial charge is 0.384 e. The van der Waals surface area contributed by atoms with E-state index in [-0.39, 0.29) is 17.9 Å². The summed E-state index contributed by atoms with van der Waals surface area (Å²) in [6.45, 7) is -0.213. The number of pyridine rings is 2. The molecule has 4 rings (SSSR count). The molecule has 0 aliphatic carbocycles. The van der Waals surface area contributed by atoms with E-state index in [4.69, 9.17) is 5.73 Å². The summed E-state index contributed by atoms with van der Waals surface area (Å²) in [6, 6.07) is 13.6. The van der Waals surface area contributed by atoms with Gasteiger partial charge in [-0.2, -0.15) is 13.2 Å². The van der Waals surface area contributed by atoms with Crippen molar-refractivity contribution in [3.63, 3.8) is 0 Å². The zero-order valence-electron chi connectivity index (χ0n) is 16.5. The van der Waals surface area contributed by atoms with Crippen molar-refractivity contribution in [1.82, 2.24) is 9.97 Å². The SMILES string of the molecule is Nc1ccc2ccc(CN(C(=O)c3cccnc3)c3ccc(F)cc3C(F)(F)F)cc2n1. The molecule has 0 fully saturated rings. The number of fused-ring (bicyclic) bond motifs is 1. The number of alkyl halides is 3. The highest BCUT2D eigenvalue weighted by atomic mass is 19.4. The van der Waals surface area contributed by atoms with Crippen molar-refractivity contribution >= 4 is 28.3 Å². The number of hydrogen-bond acceptors (Lipinski definition) is 4. The van der Waals surface area contributed by atoms with Crippen LogP contribution in [0.3, 0.4) is 0 Å². The highest BCUT2D eigenvalue weighted by Gasteiger charge is 2.37. The molecule has 5 nitrogen and oxygen atoms in total. The van der Waals surface area contributed by atoms with Crippen LogP contribution in [0.1, 0.15) is 21.5 Å². The number of anilines is 2. The molecule has 32 heavy (non-hydrogen) atoms. The fourth-order valence-corrected chi connectivity index (χ4v) is 3.34. The summed E-state index contributed by atoms with van der Waals surface area (Å²) in [5.74, 6) is -1.48. The molecule has 0 atom stereocenters. The Morgan fingerprint density at radius 1 is 1.03 bits per heavy atom. The maximum atomic E-state index is 13.7. The zero-order chi connectivity index (χ0) is 22.9. The quantitative estimate of drug-likeness (QED) is 0.442. The number of rotatable bonds is 4. The normalized spacial score (nSPS) is 11.5. The van der Waals surface area contributed by atoms with E-state index in [2.05, 4.69) is 9.97 Å². The lowest BCUT2D eigenvalue weighted by Crippen LogP contribution is -2.32. The molecule has 162 valence electrons. The first-order valence-corrected chi connectivity index (χ1v) is 9.46. The number of halogens is 4. The van der Waals surface area contributed by atoms with Gasteiger partial charge in [-0.05, 0) is 54.1 Å². The van der Waals surface area contributed by atoms with Crippen LogP contribution in [0, 0.1) is 5.82 Å². The van der Waals surface area contributed by atoms with E-state index < -0.39 is 29.2 Å². The number of aromatic nitrogens is 2. The molecule has 2 N–H and O–H groups in total. The third-order valence-electron chi connectivity index (χ3n) is 4.83.